The Bertz CT molecular complexity index is 347. The third kappa shape index (κ3) is 1.92. The van der Waals surface area contributed by atoms with E-state index in [2.05, 4.69) is 5.32 Å². The van der Waals surface area contributed by atoms with Gasteiger partial charge < -0.3 is 15.8 Å². The van der Waals surface area contributed by atoms with Gasteiger partial charge in [-0.25, -0.2) is 4.79 Å². The Hall–Kier alpha value is -1.62. The Morgan fingerprint density at radius 2 is 1.87 bits per heavy atom. The molecule has 1 rings (SSSR count). The minimum atomic E-state index is -1.08. The van der Waals surface area contributed by atoms with Gasteiger partial charge in [0.1, 0.15) is 0 Å². The van der Waals surface area contributed by atoms with Gasteiger partial charge >= 0.3 is 6.03 Å². The molecule has 0 aromatic rings. The maximum Gasteiger partial charge on any atom is 0.314 e. The van der Waals surface area contributed by atoms with Crippen molar-refractivity contribution in [2.75, 3.05) is 7.11 Å². The second-order valence-electron chi connectivity index (χ2n) is 3.43. The van der Waals surface area contributed by atoms with Crippen LogP contribution in [0, 0.1) is 0 Å². The molecule has 5 nitrogen and oxygen atoms in total. The zero-order valence-electron chi connectivity index (χ0n) is 8.96. The highest BCUT2D eigenvalue weighted by Gasteiger charge is 2.38. The molecular formula is C10H14N2O3. The van der Waals surface area contributed by atoms with Gasteiger partial charge in [-0.1, -0.05) is 0 Å². The first-order valence-corrected chi connectivity index (χ1v) is 4.46. The Morgan fingerprint density at radius 1 is 1.40 bits per heavy atom. The lowest BCUT2D eigenvalue weighted by atomic mass is 9.89. The van der Waals surface area contributed by atoms with Gasteiger partial charge in [0, 0.05) is 7.11 Å². The largest absolute Gasteiger partial charge is 0.352 e. The molecule has 5 heteroatoms. The normalized spacial score (nSPS) is 19.3. The summed E-state index contributed by atoms with van der Waals surface area (Å²) in [5, 5.41) is 2.49. The van der Waals surface area contributed by atoms with E-state index >= 15 is 0 Å². The summed E-state index contributed by atoms with van der Waals surface area (Å²) in [5.41, 5.74) is 5.20. The molecule has 1 aliphatic rings. The molecule has 2 amide bonds. The van der Waals surface area contributed by atoms with Crippen molar-refractivity contribution in [2.45, 2.75) is 19.6 Å². The van der Waals surface area contributed by atoms with Crippen LogP contribution in [0.1, 0.15) is 13.8 Å². The number of allylic oxidation sites excluding steroid dienone is 2. The molecule has 1 aliphatic carbocycles. The number of nitrogens with one attached hydrogen (secondary N) is 1. The van der Waals surface area contributed by atoms with E-state index in [9.17, 15) is 9.59 Å². The molecule has 0 saturated carbocycles. The van der Waals surface area contributed by atoms with Crippen LogP contribution in [0.3, 0.4) is 0 Å². The molecule has 0 unspecified atom stereocenters. The van der Waals surface area contributed by atoms with Crippen molar-refractivity contribution >= 4 is 11.8 Å². The first kappa shape index (κ1) is 11.5. The average molecular weight is 210 g/mol. The minimum Gasteiger partial charge on any atom is -0.352 e. The molecular weight excluding hydrogens is 196 g/mol. The van der Waals surface area contributed by atoms with E-state index in [0.717, 1.165) is 0 Å². The highest BCUT2D eigenvalue weighted by molar-refractivity contribution is 6.02. The van der Waals surface area contributed by atoms with Gasteiger partial charge in [0.2, 0.25) is 0 Å². The molecule has 3 N–H and O–H groups in total. The second-order valence-corrected chi connectivity index (χ2v) is 3.43. The Labute approximate surface area is 88.0 Å². The second kappa shape index (κ2) is 3.86. The summed E-state index contributed by atoms with van der Waals surface area (Å²) < 4.78 is 5.26. The fourth-order valence-electron chi connectivity index (χ4n) is 1.73. The lowest BCUT2D eigenvalue weighted by Crippen LogP contribution is -2.54. The van der Waals surface area contributed by atoms with E-state index in [4.69, 9.17) is 10.5 Å². The van der Waals surface area contributed by atoms with Crippen LogP contribution in [0.15, 0.2) is 23.3 Å². The summed E-state index contributed by atoms with van der Waals surface area (Å²) >= 11 is 0. The van der Waals surface area contributed by atoms with Gasteiger partial charge in [-0.2, -0.15) is 0 Å². The molecule has 0 aromatic heterocycles. The molecule has 0 aromatic carbocycles. The SMILES string of the molecule is COC1(NC(N)=O)C(C)=CC(=O)C=C1C. The summed E-state index contributed by atoms with van der Waals surface area (Å²) in [7, 11) is 1.44. The number of nitrogens with two attached hydrogens (primary N) is 1. The van der Waals surface area contributed by atoms with Crippen molar-refractivity contribution in [3.63, 3.8) is 0 Å². The van der Waals surface area contributed by atoms with Gasteiger partial charge in [0.15, 0.2) is 11.5 Å². The average Bonchev–Trinajstić information content (AvgIpc) is 2.11. The van der Waals surface area contributed by atoms with E-state index in [1.54, 1.807) is 13.8 Å². The van der Waals surface area contributed by atoms with Gasteiger partial charge in [0.25, 0.3) is 0 Å². The Kier molecular flexibility index (Phi) is 2.95. The molecule has 0 bridgehead atoms. The first-order chi connectivity index (χ1) is 6.92. The molecule has 0 radical (unpaired) electrons. The van der Waals surface area contributed by atoms with Crippen molar-refractivity contribution in [2.24, 2.45) is 5.73 Å². The van der Waals surface area contributed by atoms with Crippen molar-refractivity contribution in [1.82, 2.24) is 5.32 Å². The fraction of sp³-hybridized carbons (Fsp3) is 0.400. The number of hydrogen-bond acceptors (Lipinski definition) is 3. The summed E-state index contributed by atoms with van der Waals surface area (Å²) in [6.07, 6.45) is 2.82. The highest BCUT2D eigenvalue weighted by atomic mass is 16.5. The third-order valence-electron chi connectivity index (χ3n) is 2.43. The quantitative estimate of drug-likeness (QED) is 0.650. The van der Waals surface area contributed by atoms with Gasteiger partial charge in [-0.05, 0) is 37.1 Å². The van der Waals surface area contributed by atoms with Crippen LogP contribution in [0.25, 0.3) is 0 Å². The zero-order valence-corrected chi connectivity index (χ0v) is 8.96. The molecule has 0 aliphatic heterocycles. The number of carbonyl (C=O) groups is 2. The predicted octanol–water partition coefficient (Wildman–Crippen LogP) is 0.473. The van der Waals surface area contributed by atoms with Gasteiger partial charge in [0.05, 0.1) is 0 Å². The number of ketones is 1. The smallest absolute Gasteiger partial charge is 0.314 e. The number of carbonyl (C=O) groups excluding carboxylic acids is 2. The van der Waals surface area contributed by atoms with E-state index in [1.165, 1.54) is 19.3 Å². The van der Waals surface area contributed by atoms with Crippen molar-refractivity contribution in [3.8, 4) is 0 Å². The molecule has 82 valence electrons. The van der Waals surface area contributed by atoms with Crippen LogP contribution in [0.5, 0.6) is 0 Å². The van der Waals surface area contributed by atoms with E-state index in [0.29, 0.717) is 11.1 Å². The first-order valence-electron chi connectivity index (χ1n) is 4.46. The maximum absolute atomic E-state index is 11.2. The van der Waals surface area contributed by atoms with Crippen LogP contribution in [0.4, 0.5) is 4.79 Å². The van der Waals surface area contributed by atoms with Crippen LogP contribution in [-0.2, 0) is 9.53 Å². The fourth-order valence-corrected chi connectivity index (χ4v) is 1.73. The number of methoxy groups -OCH3 is 1. The molecule has 0 saturated heterocycles. The Morgan fingerprint density at radius 3 is 2.20 bits per heavy atom. The van der Waals surface area contributed by atoms with Gasteiger partial charge in [-0.3, -0.25) is 4.79 Å². The number of hydrogen-bond donors (Lipinski definition) is 2. The lowest BCUT2D eigenvalue weighted by Gasteiger charge is -2.36. The summed E-state index contributed by atoms with van der Waals surface area (Å²) in [6.45, 7) is 3.40. The van der Waals surface area contributed by atoms with Crippen molar-refractivity contribution < 1.29 is 14.3 Å². The summed E-state index contributed by atoms with van der Waals surface area (Å²) in [5.74, 6) is -0.121. The molecule has 0 fully saturated rings. The van der Waals surface area contributed by atoms with Crippen molar-refractivity contribution in [1.29, 1.82) is 0 Å². The number of rotatable bonds is 2. The Balaban J connectivity index is 3.17. The van der Waals surface area contributed by atoms with Gasteiger partial charge in [-0.15, -0.1) is 0 Å². The topological polar surface area (TPSA) is 81.4 Å². The molecule has 0 heterocycles. The van der Waals surface area contributed by atoms with Crippen LogP contribution in [-0.4, -0.2) is 24.6 Å². The summed E-state index contributed by atoms with van der Waals surface area (Å²) in [4.78, 5) is 22.1. The van der Waals surface area contributed by atoms with E-state index in [-0.39, 0.29) is 5.78 Å². The molecule has 0 atom stereocenters. The number of amides is 2. The molecule has 0 spiro atoms. The predicted molar refractivity (Wildman–Crippen MR) is 55.0 cm³/mol. The zero-order chi connectivity index (χ0) is 11.6. The lowest BCUT2D eigenvalue weighted by molar-refractivity contribution is -0.111. The van der Waals surface area contributed by atoms with E-state index < -0.39 is 11.8 Å². The third-order valence-corrected chi connectivity index (χ3v) is 2.43. The van der Waals surface area contributed by atoms with Crippen LogP contribution < -0.4 is 11.1 Å². The monoisotopic (exact) mass is 210 g/mol. The standard InChI is InChI=1S/C10H14N2O3/c1-6-4-8(13)5-7(2)10(6,15-3)12-9(11)14/h4-5H,1-3H3,(H3,11,12,14). The number of ether oxygens (including phenoxy) is 1. The number of primary amides is 1. The van der Waals surface area contributed by atoms with Crippen molar-refractivity contribution in [3.05, 3.63) is 23.3 Å². The van der Waals surface area contributed by atoms with Crippen LogP contribution >= 0.6 is 0 Å². The summed E-state index contributed by atoms with van der Waals surface area (Å²) in [6, 6.07) is -0.702. The van der Waals surface area contributed by atoms with E-state index in [1.807, 2.05) is 0 Å². The minimum absolute atomic E-state index is 0.121. The number of urea groups is 1. The maximum atomic E-state index is 11.2. The van der Waals surface area contributed by atoms with Crippen LogP contribution in [0.2, 0.25) is 0 Å². The highest BCUT2D eigenvalue weighted by Crippen LogP contribution is 2.29. The molecule has 15 heavy (non-hydrogen) atoms.